The summed E-state index contributed by atoms with van der Waals surface area (Å²) in [6, 6.07) is 10.1. The SMILES string of the molecule is Cn1cc(C(F)(F)F)nc1-c1ccc(COc2nc(Cl)ncc2-c2cccn2C(=O)OC(C)(C)C)cc1. The van der Waals surface area contributed by atoms with Crippen molar-refractivity contribution in [2.75, 3.05) is 0 Å². The van der Waals surface area contributed by atoms with Crippen LogP contribution in [0.3, 0.4) is 0 Å². The van der Waals surface area contributed by atoms with Gasteiger partial charge in [-0.25, -0.2) is 14.8 Å². The summed E-state index contributed by atoms with van der Waals surface area (Å²) in [5, 5.41) is -0.0419. The smallest absolute Gasteiger partial charge is 0.434 e. The van der Waals surface area contributed by atoms with Crippen LogP contribution in [0.15, 0.2) is 55.0 Å². The Morgan fingerprint density at radius 3 is 2.41 bits per heavy atom. The molecule has 4 rings (SSSR count). The van der Waals surface area contributed by atoms with Crippen LogP contribution in [-0.2, 0) is 24.6 Å². The Labute approximate surface area is 215 Å². The van der Waals surface area contributed by atoms with Crippen LogP contribution in [0.25, 0.3) is 22.6 Å². The summed E-state index contributed by atoms with van der Waals surface area (Å²) in [6.45, 7) is 5.37. The number of rotatable bonds is 5. The molecular weight excluding hydrogens is 511 g/mol. The topological polar surface area (TPSA) is 84.1 Å². The Morgan fingerprint density at radius 2 is 1.78 bits per heavy atom. The van der Waals surface area contributed by atoms with Crippen LogP contribution in [0, 0.1) is 0 Å². The molecule has 0 saturated heterocycles. The second-order valence-corrected chi connectivity index (χ2v) is 9.48. The standard InChI is InChI=1S/C25H23ClF3N5O3/c1-24(2,3)37-23(35)34-11-5-6-18(34)17-12-30-22(26)32-21(17)36-14-15-7-9-16(10-8-15)20-31-19(13-33(20)4)25(27,28)29/h5-13H,14H2,1-4H3. The van der Waals surface area contributed by atoms with E-state index in [0.29, 0.717) is 16.8 Å². The van der Waals surface area contributed by atoms with Crippen molar-refractivity contribution in [1.82, 2.24) is 24.1 Å². The normalized spacial score (nSPS) is 12.0. The number of aryl methyl sites for hydroxylation is 1. The molecule has 0 amide bonds. The Bertz CT molecular complexity index is 1420. The van der Waals surface area contributed by atoms with E-state index in [0.717, 1.165) is 11.8 Å². The van der Waals surface area contributed by atoms with Gasteiger partial charge in [-0.1, -0.05) is 24.3 Å². The Balaban J connectivity index is 1.55. The van der Waals surface area contributed by atoms with E-state index < -0.39 is 23.6 Å². The molecule has 3 heterocycles. The highest BCUT2D eigenvalue weighted by Gasteiger charge is 2.34. The lowest BCUT2D eigenvalue weighted by molar-refractivity contribution is -0.140. The highest BCUT2D eigenvalue weighted by molar-refractivity contribution is 6.28. The molecule has 0 atom stereocenters. The molecule has 0 spiro atoms. The van der Waals surface area contributed by atoms with Crippen molar-refractivity contribution in [3.63, 3.8) is 0 Å². The zero-order valence-corrected chi connectivity index (χ0v) is 21.1. The van der Waals surface area contributed by atoms with Crippen molar-refractivity contribution in [2.24, 2.45) is 7.05 Å². The average molecular weight is 534 g/mol. The molecule has 0 bridgehead atoms. The van der Waals surface area contributed by atoms with Crippen molar-refractivity contribution in [3.8, 4) is 28.5 Å². The van der Waals surface area contributed by atoms with Crippen LogP contribution in [-0.4, -0.2) is 35.8 Å². The molecule has 12 heteroatoms. The lowest BCUT2D eigenvalue weighted by atomic mass is 10.1. The van der Waals surface area contributed by atoms with Crippen LogP contribution in [0.5, 0.6) is 5.88 Å². The number of nitrogens with zero attached hydrogens (tertiary/aromatic N) is 5. The first-order valence-corrected chi connectivity index (χ1v) is 11.5. The molecule has 37 heavy (non-hydrogen) atoms. The van der Waals surface area contributed by atoms with Crippen molar-refractivity contribution in [2.45, 2.75) is 39.2 Å². The molecule has 4 aromatic rings. The molecule has 0 radical (unpaired) electrons. The third kappa shape index (κ3) is 6.11. The second kappa shape index (κ2) is 9.89. The van der Waals surface area contributed by atoms with Crippen molar-refractivity contribution in [3.05, 3.63) is 71.5 Å². The van der Waals surface area contributed by atoms with Gasteiger partial charge in [-0.15, -0.1) is 0 Å². The summed E-state index contributed by atoms with van der Waals surface area (Å²) >= 11 is 6.00. The minimum Gasteiger partial charge on any atom is -0.472 e. The summed E-state index contributed by atoms with van der Waals surface area (Å²) in [4.78, 5) is 24.6. The third-order valence-electron chi connectivity index (χ3n) is 5.09. The number of imidazole rings is 1. The fourth-order valence-corrected chi connectivity index (χ4v) is 3.60. The molecule has 0 aliphatic heterocycles. The van der Waals surface area contributed by atoms with Crippen LogP contribution in [0.4, 0.5) is 18.0 Å². The van der Waals surface area contributed by atoms with Gasteiger partial charge in [0.05, 0.1) is 11.3 Å². The zero-order chi connectivity index (χ0) is 27.0. The number of benzene rings is 1. The Kier molecular flexibility index (Phi) is 7.00. The highest BCUT2D eigenvalue weighted by Crippen LogP contribution is 2.32. The molecule has 1 aromatic carbocycles. The fraction of sp³-hybridized carbons (Fsp3) is 0.280. The van der Waals surface area contributed by atoms with Crippen molar-refractivity contribution in [1.29, 1.82) is 0 Å². The van der Waals surface area contributed by atoms with Gasteiger partial charge in [-0.2, -0.15) is 18.2 Å². The predicted molar refractivity (Wildman–Crippen MR) is 130 cm³/mol. The van der Waals surface area contributed by atoms with Gasteiger partial charge >= 0.3 is 12.3 Å². The first-order valence-electron chi connectivity index (χ1n) is 11.1. The summed E-state index contributed by atoms with van der Waals surface area (Å²) < 4.78 is 53.0. The van der Waals surface area contributed by atoms with Gasteiger partial charge in [0, 0.05) is 31.2 Å². The molecule has 0 aliphatic carbocycles. The molecule has 194 valence electrons. The van der Waals surface area contributed by atoms with Crippen molar-refractivity contribution < 1.29 is 27.4 Å². The number of alkyl halides is 3. The quantitative estimate of drug-likeness (QED) is 0.277. The number of carbonyl (C=O) groups excluding carboxylic acids is 1. The summed E-state index contributed by atoms with van der Waals surface area (Å²) in [5.41, 5.74) is 0.460. The van der Waals surface area contributed by atoms with E-state index in [9.17, 15) is 18.0 Å². The van der Waals surface area contributed by atoms with Gasteiger partial charge in [0.25, 0.3) is 0 Å². The number of halogens is 4. The van der Waals surface area contributed by atoms with Gasteiger partial charge in [-0.3, -0.25) is 4.57 Å². The largest absolute Gasteiger partial charge is 0.472 e. The van der Waals surface area contributed by atoms with E-state index in [1.165, 1.54) is 22.4 Å². The highest BCUT2D eigenvalue weighted by atomic mass is 35.5. The molecule has 0 aliphatic rings. The molecule has 8 nitrogen and oxygen atoms in total. The number of ether oxygens (including phenoxy) is 2. The van der Waals surface area contributed by atoms with Crippen LogP contribution in [0.2, 0.25) is 5.28 Å². The Hall–Kier alpha value is -3.86. The maximum Gasteiger partial charge on any atom is 0.434 e. The van der Waals surface area contributed by atoms with E-state index in [-0.39, 0.29) is 23.6 Å². The molecule has 0 N–H and O–H groups in total. The zero-order valence-electron chi connectivity index (χ0n) is 20.4. The van der Waals surface area contributed by atoms with Crippen molar-refractivity contribution >= 4 is 17.7 Å². The van der Waals surface area contributed by atoms with E-state index >= 15 is 0 Å². The molecule has 0 fully saturated rings. The van der Waals surface area contributed by atoms with Gasteiger partial charge in [0.1, 0.15) is 18.0 Å². The van der Waals surface area contributed by atoms with E-state index in [1.54, 1.807) is 63.4 Å². The monoisotopic (exact) mass is 533 g/mol. The first-order chi connectivity index (χ1) is 17.3. The van der Waals surface area contributed by atoms with Crippen LogP contribution < -0.4 is 4.74 Å². The number of hydrogen-bond donors (Lipinski definition) is 0. The molecule has 3 aromatic heterocycles. The maximum absolute atomic E-state index is 13.0. The minimum atomic E-state index is -4.52. The maximum atomic E-state index is 13.0. The molecular formula is C25H23ClF3N5O3. The van der Waals surface area contributed by atoms with E-state index in [2.05, 4.69) is 15.0 Å². The average Bonchev–Trinajstić information content (AvgIpc) is 3.44. The van der Waals surface area contributed by atoms with Crippen LogP contribution >= 0.6 is 11.6 Å². The fourth-order valence-electron chi connectivity index (χ4n) is 3.48. The predicted octanol–water partition coefficient (Wildman–Crippen LogP) is 6.38. The lowest BCUT2D eigenvalue weighted by Crippen LogP contribution is -2.27. The van der Waals surface area contributed by atoms with Crippen LogP contribution in [0.1, 0.15) is 32.0 Å². The van der Waals surface area contributed by atoms with E-state index in [4.69, 9.17) is 21.1 Å². The van der Waals surface area contributed by atoms with Gasteiger partial charge < -0.3 is 14.0 Å². The number of aromatic nitrogens is 5. The molecule has 0 unspecified atom stereocenters. The van der Waals surface area contributed by atoms with Gasteiger partial charge in [0.15, 0.2) is 5.69 Å². The van der Waals surface area contributed by atoms with Gasteiger partial charge in [0.2, 0.25) is 11.2 Å². The third-order valence-corrected chi connectivity index (χ3v) is 5.28. The summed E-state index contributed by atoms with van der Waals surface area (Å²) in [6.07, 6.45) is -1.15. The molecule has 0 saturated carbocycles. The lowest BCUT2D eigenvalue weighted by Gasteiger charge is -2.20. The minimum absolute atomic E-state index is 0.0419. The number of carbonyl (C=O) groups is 1. The summed E-state index contributed by atoms with van der Waals surface area (Å²) in [7, 11) is 1.50. The number of hydrogen-bond acceptors (Lipinski definition) is 6. The first kappa shape index (κ1) is 26.2. The summed E-state index contributed by atoms with van der Waals surface area (Å²) in [5.74, 6) is 0.332. The second-order valence-electron chi connectivity index (χ2n) is 9.15. The van der Waals surface area contributed by atoms with Gasteiger partial charge in [-0.05, 0) is 50.1 Å². The Morgan fingerprint density at radius 1 is 1.08 bits per heavy atom. The van der Waals surface area contributed by atoms with E-state index in [1.807, 2.05) is 0 Å².